The smallest absolute Gasteiger partial charge is 0.268 e. The molecule has 0 unspecified atom stereocenters. The molecule has 1 aromatic carbocycles. The average molecular weight is 288 g/mol. The summed E-state index contributed by atoms with van der Waals surface area (Å²) >= 11 is 1.37. The molecule has 0 aliphatic heterocycles. The molecule has 3 rings (SSSR count). The first kappa shape index (κ1) is 12.8. The van der Waals surface area contributed by atoms with Crippen molar-refractivity contribution in [2.75, 3.05) is 0 Å². The van der Waals surface area contributed by atoms with E-state index in [1.165, 1.54) is 11.3 Å². The van der Waals surface area contributed by atoms with Crippen molar-refractivity contribution in [1.82, 2.24) is 9.97 Å². The van der Waals surface area contributed by atoms with E-state index in [0.717, 1.165) is 5.56 Å². The van der Waals surface area contributed by atoms with E-state index in [1.54, 1.807) is 24.3 Å². The number of aliphatic hydroxyl groups is 1. The van der Waals surface area contributed by atoms with Gasteiger partial charge >= 0.3 is 0 Å². The first-order valence-corrected chi connectivity index (χ1v) is 6.93. The number of thiophene rings is 1. The molecule has 0 spiro atoms. The summed E-state index contributed by atoms with van der Waals surface area (Å²) in [6.45, 7) is 0.198. The molecular formula is C14H12N2O3S. The summed E-state index contributed by atoms with van der Waals surface area (Å²) in [4.78, 5) is 18.8. The van der Waals surface area contributed by atoms with E-state index in [-0.39, 0.29) is 18.8 Å². The second-order valence-corrected chi connectivity index (χ2v) is 5.15. The van der Waals surface area contributed by atoms with Crippen molar-refractivity contribution in [1.29, 1.82) is 0 Å². The van der Waals surface area contributed by atoms with E-state index < -0.39 is 0 Å². The zero-order valence-electron chi connectivity index (χ0n) is 10.5. The Labute approximate surface area is 118 Å². The highest BCUT2D eigenvalue weighted by atomic mass is 32.1. The minimum atomic E-state index is -0.140. The summed E-state index contributed by atoms with van der Waals surface area (Å²) in [5.41, 5.74) is 1.37. The number of hydrogen-bond acceptors (Lipinski definition) is 5. The summed E-state index contributed by atoms with van der Waals surface area (Å²) in [5, 5.41) is 10.8. The van der Waals surface area contributed by atoms with E-state index in [9.17, 15) is 4.79 Å². The molecule has 0 bridgehead atoms. The van der Waals surface area contributed by atoms with Crippen molar-refractivity contribution in [3.63, 3.8) is 0 Å². The second-order valence-electron chi connectivity index (χ2n) is 4.24. The summed E-state index contributed by atoms with van der Waals surface area (Å²) < 4.78 is 6.19. The molecule has 0 aliphatic carbocycles. The van der Waals surface area contributed by atoms with Gasteiger partial charge in [-0.2, -0.15) is 0 Å². The number of H-pyrrole nitrogens is 1. The number of benzene rings is 1. The van der Waals surface area contributed by atoms with Crippen LogP contribution in [0, 0.1) is 0 Å². The molecule has 2 N–H and O–H groups in total. The SMILES string of the molecule is O=c1[nH]c(COc2ccc(CO)cc2)nc2ccsc12. The maximum absolute atomic E-state index is 11.8. The van der Waals surface area contributed by atoms with Crippen LogP contribution in [0.15, 0.2) is 40.5 Å². The molecule has 2 heterocycles. The van der Waals surface area contributed by atoms with Gasteiger partial charge in [-0.25, -0.2) is 4.98 Å². The first-order valence-electron chi connectivity index (χ1n) is 6.05. The number of hydrogen-bond donors (Lipinski definition) is 2. The van der Waals surface area contributed by atoms with Gasteiger partial charge in [0.25, 0.3) is 5.56 Å². The largest absolute Gasteiger partial charge is 0.486 e. The topological polar surface area (TPSA) is 75.2 Å². The van der Waals surface area contributed by atoms with Crippen LogP contribution in [0.25, 0.3) is 10.2 Å². The third-order valence-corrected chi connectivity index (χ3v) is 3.75. The Morgan fingerprint density at radius 1 is 1.25 bits per heavy atom. The fraction of sp³-hybridized carbons (Fsp3) is 0.143. The molecule has 0 aliphatic rings. The second kappa shape index (κ2) is 5.44. The molecule has 6 heteroatoms. The quantitative estimate of drug-likeness (QED) is 0.770. The van der Waals surface area contributed by atoms with Crippen LogP contribution in [0.3, 0.4) is 0 Å². The van der Waals surface area contributed by atoms with Crippen molar-refractivity contribution in [2.45, 2.75) is 13.2 Å². The molecule has 20 heavy (non-hydrogen) atoms. The Balaban J connectivity index is 1.77. The van der Waals surface area contributed by atoms with E-state index in [0.29, 0.717) is 21.8 Å². The van der Waals surface area contributed by atoms with Gasteiger partial charge in [-0.1, -0.05) is 12.1 Å². The van der Waals surface area contributed by atoms with Crippen molar-refractivity contribution < 1.29 is 9.84 Å². The summed E-state index contributed by atoms with van der Waals surface area (Å²) in [7, 11) is 0. The van der Waals surface area contributed by atoms with Crippen molar-refractivity contribution in [3.05, 3.63) is 57.5 Å². The number of rotatable bonds is 4. The summed E-state index contributed by atoms with van der Waals surface area (Å²) in [6.07, 6.45) is 0. The Morgan fingerprint density at radius 3 is 2.80 bits per heavy atom. The number of aliphatic hydroxyl groups excluding tert-OH is 1. The molecule has 0 fully saturated rings. The predicted octanol–water partition coefficient (Wildman–Crippen LogP) is 2.06. The predicted molar refractivity (Wildman–Crippen MR) is 76.9 cm³/mol. The number of aromatic nitrogens is 2. The molecule has 3 aromatic rings. The van der Waals surface area contributed by atoms with E-state index in [4.69, 9.17) is 9.84 Å². The Morgan fingerprint density at radius 2 is 2.05 bits per heavy atom. The van der Waals surface area contributed by atoms with Crippen LogP contribution in [0.5, 0.6) is 5.75 Å². The Hall–Kier alpha value is -2.18. The van der Waals surface area contributed by atoms with Gasteiger partial charge < -0.3 is 14.8 Å². The highest BCUT2D eigenvalue weighted by molar-refractivity contribution is 7.17. The van der Waals surface area contributed by atoms with Gasteiger partial charge in [-0.05, 0) is 29.1 Å². The molecule has 0 atom stereocenters. The number of nitrogens with zero attached hydrogens (tertiary/aromatic N) is 1. The average Bonchev–Trinajstić information content (AvgIpc) is 2.94. The standard InChI is InChI=1S/C14H12N2O3S/c17-7-9-1-3-10(4-2-9)19-8-12-15-11-5-6-20-13(11)14(18)16-12/h1-6,17H,7-8H2,(H,15,16,18). The molecule has 5 nitrogen and oxygen atoms in total. The van der Waals surface area contributed by atoms with E-state index >= 15 is 0 Å². The van der Waals surface area contributed by atoms with Crippen molar-refractivity contribution in [3.8, 4) is 5.75 Å². The molecule has 102 valence electrons. The van der Waals surface area contributed by atoms with Crippen LogP contribution >= 0.6 is 11.3 Å². The van der Waals surface area contributed by atoms with Crippen LogP contribution in [0.1, 0.15) is 11.4 Å². The van der Waals surface area contributed by atoms with Gasteiger partial charge in [0.05, 0.1) is 12.1 Å². The summed E-state index contributed by atoms with van der Waals surface area (Å²) in [5.74, 6) is 1.15. The number of fused-ring (bicyclic) bond motifs is 1. The number of aromatic amines is 1. The third kappa shape index (κ3) is 2.56. The third-order valence-electron chi connectivity index (χ3n) is 2.85. The lowest BCUT2D eigenvalue weighted by Crippen LogP contribution is -2.12. The molecule has 0 radical (unpaired) electrons. The minimum absolute atomic E-state index is 0.00395. The zero-order valence-corrected chi connectivity index (χ0v) is 11.3. The van der Waals surface area contributed by atoms with Gasteiger partial charge in [-0.15, -0.1) is 11.3 Å². The van der Waals surface area contributed by atoms with Gasteiger partial charge in [0.1, 0.15) is 22.9 Å². The van der Waals surface area contributed by atoms with Crippen LogP contribution in [0.4, 0.5) is 0 Å². The maximum Gasteiger partial charge on any atom is 0.268 e. The maximum atomic E-state index is 11.8. The lowest BCUT2D eigenvalue weighted by atomic mass is 10.2. The first-order chi connectivity index (χ1) is 9.76. The lowest BCUT2D eigenvalue weighted by molar-refractivity contribution is 0.280. The Kier molecular flexibility index (Phi) is 3.49. The fourth-order valence-corrected chi connectivity index (χ4v) is 2.56. The number of ether oxygens (including phenoxy) is 1. The molecule has 2 aromatic heterocycles. The molecule has 0 saturated carbocycles. The van der Waals surface area contributed by atoms with E-state index in [2.05, 4.69) is 9.97 Å². The zero-order chi connectivity index (χ0) is 13.9. The number of nitrogens with one attached hydrogen (secondary N) is 1. The fourth-order valence-electron chi connectivity index (χ4n) is 1.83. The highest BCUT2D eigenvalue weighted by Gasteiger charge is 2.05. The van der Waals surface area contributed by atoms with Gasteiger partial charge in [0.2, 0.25) is 0 Å². The molecule has 0 amide bonds. The molecule has 0 saturated heterocycles. The highest BCUT2D eigenvalue weighted by Crippen LogP contribution is 2.16. The van der Waals surface area contributed by atoms with Crippen molar-refractivity contribution in [2.24, 2.45) is 0 Å². The molecular weight excluding hydrogens is 276 g/mol. The van der Waals surface area contributed by atoms with Crippen LogP contribution in [-0.2, 0) is 13.2 Å². The normalized spacial score (nSPS) is 10.8. The van der Waals surface area contributed by atoms with Gasteiger partial charge in [0.15, 0.2) is 0 Å². The Bertz CT molecular complexity index is 777. The van der Waals surface area contributed by atoms with Gasteiger partial charge in [0, 0.05) is 0 Å². The summed E-state index contributed by atoms with van der Waals surface area (Å²) in [6, 6.07) is 8.93. The lowest BCUT2D eigenvalue weighted by Gasteiger charge is -2.06. The van der Waals surface area contributed by atoms with E-state index in [1.807, 2.05) is 11.4 Å². The van der Waals surface area contributed by atoms with Crippen LogP contribution in [-0.4, -0.2) is 15.1 Å². The van der Waals surface area contributed by atoms with Crippen LogP contribution < -0.4 is 10.3 Å². The monoisotopic (exact) mass is 288 g/mol. The van der Waals surface area contributed by atoms with Crippen LogP contribution in [0.2, 0.25) is 0 Å². The van der Waals surface area contributed by atoms with Crippen molar-refractivity contribution >= 4 is 21.6 Å². The van der Waals surface area contributed by atoms with Gasteiger partial charge in [-0.3, -0.25) is 4.79 Å². The minimum Gasteiger partial charge on any atom is -0.486 e.